The molecule has 1 aliphatic heterocycles. The van der Waals surface area contributed by atoms with E-state index in [4.69, 9.17) is 9.26 Å². The maximum Gasteiger partial charge on any atom is 0.324 e. The molecule has 1 aliphatic rings. The molecule has 6 heteroatoms. The molecule has 0 unspecified atom stereocenters. The first kappa shape index (κ1) is 17.5. The van der Waals surface area contributed by atoms with Crippen molar-refractivity contribution in [2.75, 3.05) is 18.0 Å². The highest BCUT2D eigenvalue weighted by Gasteiger charge is 2.30. The van der Waals surface area contributed by atoms with Crippen molar-refractivity contribution in [3.63, 3.8) is 0 Å². The summed E-state index contributed by atoms with van der Waals surface area (Å²) in [7, 11) is 0. The van der Waals surface area contributed by atoms with E-state index in [0.29, 0.717) is 24.9 Å². The predicted molar refractivity (Wildman–Crippen MR) is 95.3 cm³/mol. The number of aromatic nitrogens is 2. The minimum Gasteiger partial charge on any atom is -0.460 e. The molecule has 25 heavy (non-hydrogen) atoms. The Morgan fingerprint density at radius 1 is 1.24 bits per heavy atom. The zero-order valence-electron chi connectivity index (χ0n) is 15.3. The Hall–Kier alpha value is -2.37. The number of ether oxygens (including phenoxy) is 1. The van der Waals surface area contributed by atoms with Gasteiger partial charge in [0.15, 0.2) is 0 Å². The molecule has 1 aromatic carbocycles. The van der Waals surface area contributed by atoms with Gasteiger partial charge in [0.05, 0.1) is 5.92 Å². The number of carbonyl (C=O) groups excluding carboxylic acids is 1. The van der Waals surface area contributed by atoms with Gasteiger partial charge in [0.2, 0.25) is 5.82 Å². The molecule has 1 fully saturated rings. The summed E-state index contributed by atoms with van der Waals surface area (Å²) in [5.41, 5.74) is 1.64. The fraction of sp³-hybridized carbons (Fsp3) is 0.526. The number of rotatable bonds is 3. The van der Waals surface area contributed by atoms with Crippen molar-refractivity contribution >= 4 is 12.0 Å². The Morgan fingerprint density at radius 2 is 1.92 bits per heavy atom. The van der Waals surface area contributed by atoms with E-state index in [1.807, 2.05) is 56.9 Å². The lowest BCUT2D eigenvalue weighted by Gasteiger charge is -2.31. The highest BCUT2D eigenvalue weighted by Crippen LogP contribution is 2.27. The second kappa shape index (κ2) is 6.86. The first-order valence-electron chi connectivity index (χ1n) is 8.71. The van der Waals surface area contributed by atoms with Crippen LogP contribution in [0, 0.1) is 12.8 Å². The number of hydrogen-bond donors (Lipinski definition) is 0. The molecule has 0 aliphatic carbocycles. The fourth-order valence-corrected chi connectivity index (χ4v) is 2.97. The van der Waals surface area contributed by atoms with Crippen LogP contribution in [-0.2, 0) is 9.53 Å². The topological polar surface area (TPSA) is 68.5 Å². The molecule has 2 heterocycles. The van der Waals surface area contributed by atoms with Gasteiger partial charge in [-0.2, -0.15) is 4.98 Å². The summed E-state index contributed by atoms with van der Waals surface area (Å²) in [4.78, 5) is 18.8. The molecular formula is C19H25N3O3. The van der Waals surface area contributed by atoms with Crippen molar-refractivity contribution in [1.29, 1.82) is 0 Å². The number of anilines is 1. The van der Waals surface area contributed by atoms with Gasteiger partial charge in [0, 0.05) is 18.7 Å². The van der Waals surface area contributed by atoms with Gasteiger partial charge in [0.1, 0.15) is 5.60 Å². The second-order valence-electron chi connectivity index (χ2n) is 7.51. The van der Waals surface area contributed by atoms with Crippen molar-refractivity contribution in [1.82, 2.24) is 10.1 Å². The summed E-state index contributed by atoms with van der Waals surface area (Å²) in [6.07, 6.45) is 1.47. The minimum atomic E-state index is -0.441. The van der Waals surface area contributed by atoms with Crippen LogP contribution in [0.1, 0.15) is 39.2 Å². The first-order valence-corrected chi connectivity index (χ1v) is 8.71. The predicted octanol–water partition coefficient (Wildman–Crippen LogP) is 3.60. The third kappa shape index (κ3) is 4.18. The van der Waals surface area contributed by atoms with E-state index >= 15 is 0 Å². The Morgan fingerprint density at radius 3 is 2.56 bits per heavy atom. The summed E-state index contributed by atoms with van der Waals surface area (Å²) in [6.45, 7) is 9.12. The summed E-state index contributed by atoms with van der Waals surface area (Å²) in [6, 6.07) is 8.48. The quantitative estimate of drug-likeness (QED) is 0.793. The smallest absolute Gasteiger partial charge is 0.324 e. The Bertz CT molecular complexity index is 740. The first-order chi connectivity index (χ1) is 11.8. The summed E-state index contributed by atoms with van der Waals surface area (Å²) in [5.74, 6) is 0.426. The summed E-state index contributed by atoms with van der Waals surface area (Å²) >= 11 is 0. The van der Waals surface area contributed by atoms with E-state index in [1.165, 1.54) is 0 Å². The van der Waals surface area contributed by atoms with E-state index in [-0.39, 0.29) is 11.9 Å². The Labute approximate surface area is 148 Å². The Balaban J connectivity index is 1.63. The molecule has 6 nitrogen and oxygen atoms in total. The summed E-state index contributed by atoms with van der Waals surface area (Å²) in [5, 5.41) is 4.11. The normalized spacial score (nSPS) is 16.1. The van der Waals surface area contributed by atoms with Crippen LogP contribution in [0.3, 0.4) is 0 Å². The van der Waals surface area contributed by atoms with Crippen molar-refractivity contribution in [2.45, 2.75) is 46.1 Å². The van der Waals surface area contributed by atoms with Crippen LogP contribution >= 0.6 is 0 Å². The van der Waals surface area contributed by atoms with Crippen LogP contribution in [0.25, 0.3) is 11.4 Å². The van der Waals surface area contributed by atoms with Gasteiger partial charge in [-0.05, 0) is 46.1 Å². The lowest BCUT2D eigenvalue weighted by atomic mass is 9.97. The number of hydrogen-bond acceptors (Lipinski definition) is 6. The van der Waals surface area contributed by atoms with Crippen molar-refractivity contribution in [3.8, 4) is 11.4 Å². The van der Waals surface area contributed by atoms with E-state index in [2.05, 4.69) is 10.1 Å². The molecule has 3 rings (SSSR count). The van der Waals surface area contributed by atoms with Crippen LogP contribution in [-0.4, -0.2) is 34.8 Å². The number of benzene rings is 1. The maximum atomic E-state index is 12.2. The average molecular weight is 343 g/mol. The lowest BCUT2D eigenvalue weighted by Crippen LogP contribution is -2.39. The number of nitrogens with zero attached hydrogens (tertiary/aromatic N) is 3. The van der Waals surface area contributed by atoms with Crippen molar-refractivity contribution < 1.29 is 14.1 Å². The van der Waals surface area contributed by atoms with Crippen LogP contribution in [0.5, 0.6) is 0 Å². The van der Waals surface area contributed by atoms with Crippen molar-refractivity contribution in [2.24, 2.45) is 5.92 Å². The number of piperidine rings is 1. The summed E-state index contributed by atoms with van der Waals surface area (Å²) < 4.78 is 10.9. The third-order valence-electron chi connectivity index (χ3n) is 4.31. The lowest BCUT2D eigenvalue weighted by molar-refractivity contribution is -0.160. The highest BCUT2D eigenvalue weighted by atomic mass is 16.6. The van der Waals surface area contributed by atoms with Crippen LogP contribution in [0.2, 0.25) is 0 Å². The third-order valence-corrected chi connectivity index (χ3v) is 4.31. The van der Waals surface area contributed by atoms with Gasteiger partial charge in [-0.25, -0.2) is 0 Å². The van der Waals surface area contributed by atoms with Gasteiger partial charge in [-0.3, -0.25) is 4.79 Å². The maximum absolute atomic E-state index is 12.2. The molecule has 0 spiro atoms. The van der Waals surface area contributed by atoms with E-state index in [1.54, 1.807) is 0 Å². The number of aryl methyl sites for hydroxylation is 1. The molecule has 0 saturated carbocycles. The fourth-order valence-electron chi connectivity index (χ4n) is 2.97. The molecule has 0 atom stereocenters. The zero-order chi connectivity index (χ0) is 18.0. The Kier molecular flexibility index (Phi) is 4.79. The molecule has 0 radical (unpaired) electrons. The van der Waals surface area contributed by atoms with Crippen molar-refractivity contribution in [3.05, 3.63) is 29.8 Å². The van der Waals surface area contributed by atoms with Crippen LogP contribution in [0.15, 0.2) is 28.8 Å². The molecular weight excluding hydrogens is 318 g/mol. The van der Waals surface area contributed by atoms with Gasteiger partial charge < -0.3 is 14.2 Å². The van der Waals surface area contributed by atoms with Gasteiger partial charge in [0.25, 0.3) is 0 Å². The van der Waals surface area contributed by atoms with Gasteiger partial charge in [-0.1, -0.05) is 29.4 Å². The second-order valence-corrected chi connectivity index (χ2v) is 7.51. The molecule has 2 aromatic rings. The molecule has 0 N–H and O–H groups in total. The largest absolute Gasteiger partial charge is 0.460 e. The van der Waals surface area contributed by atoms with Crippen LogP contribution < -0.4 is 4.90 Å². The molecule has 1 saturated heterocycles. The monoisotopic (exact) mass is 343 g/mol. The van der Waals surface area contributed by atoms with E-state index < -0.39 is 5.60 Å². The zero-order valence-corrected chi connectivity index (χ0v) is 15.3. The number of carbonyl (C=O) groups is 1. The average Bonchev–Trinajstić information content (AvgIpc) is 3.03. The molecule has 1 aromatic heterocycles. The van der Waals surface area contributed by atoms with Crippen LogP contribution in [0.4, 0.5) is 6.01 Å². The SMILES string of the molecule is Cc1ccccc1-c1noc(N2CCC(C(=O)OC(C)(C)C)CC2)n1. The number of esters is 1. The molecule has 0 amide bonds. The molecule has 0 bridgehead atoms. The van der Waals surface area contributed by atoms with Gasteiger partial charge >= 0.3 is 12.0 Å². The van der Waals surface area contributed by atoms with Gasteiger partial charge in [-0.15, -0.1) is 0 Å². The van der Waals surface area contributed by atoms with E-state index in [0.717, 1.165) is 24.0 Å². The minimum absolute atomic E-state index is 0.0609. The standard InChI is InChI=1S/C19H25N3O3/c1-13-7-5-6-8-15(13)16-20-18(25-21-16)22-11-9-14(10-12-22)17(23)24-19(2,3)4/h5-8,14H,9-12H2,1-4H3. The van der Waals surface area contributed by atoms with E-state index in [9.17, 15) is 4.79 Å². The molecule has 134 valence electrons. The highest BCUT2D eigenvalue weighted by molar-refractivity contribution is 5.73.